The van der Waals surface area contributed by atoms with Crippen LogP contribution in [-0.4, -0.2) is 68.0 Å². The molecule has 0 unspecified atom stereocenters. The molecule has 2 heterocycles. The van der Waals surface area contributed by atoms with Crippen molar-refractivity contribution < 1.29 is 19.8 Å². The molecule has 174 valence electrons. The fourth-order valence-electron chi connectivity index (χ4n) is 3.52. The standard InChI is InChI=1S/C22H27N5O4.C2H2/c1-22(2)12-17-16(11-18(22)30)20(21(23)31)25-27(17)19-10-14(6-8-24-19)4-5-15(29)7-9-26(3)13-28;1-2/h6,8,10,13,15,18,29-30H,7,9,11-12H2,1-3H3,(H2,23,31);1-2H/t15-,18-;/m0./s1. The van der Waals surface area contributed by atoms with Gasteiger partial charge in [-0.2, -0.15) is 5.10 Å². The maximum absolute atomic E-state index is 11.9. The van der Waals surface area contributed by atoms with Crippen LogP contribution in [0, 0.1) is 30.1 Å². The third kappa shape index (κ3) is 5.98. The quantitative estimate of drug-likeness (QED) is 0.427. The molecule has 1 aliphatic carbocycles. The Hall–Kier alpha value is -3.66. The van der Waals surface area contributed by atoms with Crippen LogP contribution >= 0.6 is 0 Å². The minimum atomic E-state index is -0.875. The number of aromatic nitrogens is 3. The van der Waals surface area contributed by atoms with E-state index < -0.39 is 23.5 Å². The van der Waals surface area contributed by atoms with Crippen LogP contribution in [0.5, 0.6) is 0 Å². The van der Waals surface area contributed by atoms with Gasteiger partial charge in [0, 0.05) is 43.8 Å². The SMILES string of the molecule is C#C.CN(C=O)CC[C@@H](O)C#Cc1ccnc(-n2nc(C(N)=O)c3c2CC(C)(C)[C@@H](O)C3)c1. The Balaban J connectivity index is 0.00000187. The largest absolute Gasteiger partial charge is 0.392 e. The molecule has 2 aromatic rings. The molecule has 3 rings (SSSR count). The van der Waals surface area contributed by atoms with E-state index in [2.05, 4.69) is 34.8 Å². The van der Waals surface area contributed by atoms with E-state index in [0.29, 0.717) is 49.2 Å². The molecule has 9 heteroatoms. The second-order valence-corrected chi connectivity index (χ2v) is 8.50. The second-order valence-electron chi connectivity index (χ2n) is 8.50. The summed E-state index contributed by atoms with van der Waals surface area (Å²) in [6.07, 6.45) is 9.92. The van der Waals surface area contributed by atoms with Crippen molar-refractivity contribution in [3.8, 4) is 30.5 Å². The number of hydrogen-bond acceptors (Lipinski definition) is 6. The lowest BCUT2D eigenvalue weighted by Crippen LogP contribution is -2.38. The van der Waals surface area contributed by atoms with E-state index in [9.17, 15) is 19.8 Å². The summed E-state index contributed by atoms with van der Waals surface area (Å²) >= 11 is 0. The molecule has 0 aromatic carbocycles. The van der Waals surface area contributed by atoms with Crippen LogP contribution in [-0.2, 0) is 17.6 Å². The third-order valence-electron chi connectivity index (χ3n) is 5.53. The van der Waals surface area contributed by atoms with Gasteiger partial charge in [-0.1, -0.05) is 25.7 Å². The molecule has 0 fully saturated rings. The Bertz CT molecular complexity index is 1090. The van der Waals surface area contributed by atoms with Crippen molar-refractivity contribution >= 4 is 12.3 Å². The highest BCUT2D eigenvalue weighted by atomic mass is 16.3. The zero-order chi connectivity index (χ0) is 24.8. The number of carbonyl (C=O) groups excluding carboxylic acids is 2. The van der Waals surface area contributed by atoms with E-state index in [1.165, 1.54) is 4.90 Å². The number of terminal acetylenes is 1. The number of nitrogens with two attached hydrogens (primary N) is 1. The molecular weight excluding hydrogens is 422 g/mol. The van der Waals surface area contributed by atoms with Gasteiger partial charge in [-0.15, -0.1) is 12.8 Å². The van der Waals surface area contributed by atoms with Gasteiger partial charge >= 0.3 is 0 Å². The Morgan fingerprint density at radius 2 is 2.18 bits per heavy atom. The predicted molar refractivity (Wildman–Crippen MR) is 123 cm³/mol. The second kappa shape index (κ2) is 10.8. The van der Waals surface area contributed by atoms with Gasteiger partial charge in [-0.05, 0) is 24.0 Å². The van der Waals surface area contributed by atoms with Gasteiger partial charge in [0.1, 0.15) is 6.10 Å². The first kappa shape index (κ1) is 25.6. The van der Waals surface area contributed by atoms with Gasteiger partial charge in [0.05, 0.1) is 11.8 Å². The Morgan fingerprint density at radius 3 is 2.82 bits per heavy atom. The molecule has 4 N–H and O–H groups in total. The average molecular weight is 452 g/mol. The lowest BCUT2D eigenvalue weighted by Gasteiger charge is -2.35. The van der Waals surface area contributed by atoms with E-state index in [1.54, 1.807) is 30.1 Å². The molecule has 2 atom stereocenters. The van der Waals surface area contributed by atoms with E-state index in [4.69, 9.17) is 5.73 Å². The minimum Gasteiger partial charge on any atom is -0.392 e. The predicted octanol–water partition coefficient (Wildman–Crippen LogP) is 0.292. The van der Waals surface area contributed by atoms with Crippen molar-refractivity contribution in [1.82, 2.24) is 19.7 Å². The lowest BCUT2D eigenvalue weighted by molar-refractivity contribution is -0.117. The van der Waals surface area contributed by atoms with Gasteiger partial charge in [0.2, 0.25) is 6.41 Å². The minimum absolute atomic E-state index is 0.137. The van der Waals surface area contributed by atoms with Crippen molar-refractivity contribution in [1.29, 1.82) is 0 Å². The number of hydrogen-bond donors (Lipinski definition) is 3. The molecule has 0 saturated carbocycles. The summed E-state index contributed by atoms with van der Waals surface area (Å²) in [7, 11) is 1.63. The average Bonchev–Trinajstić information content (AvgIpc) is 3.15. The zero-order valence-electron chi connectivity index (χ0n) is 19.0. The number of fused-ring (bicyclic) bond motifs is 1. The van der Waals surface area contributed by atoms with Gasteiger partial charge < -0.3 is 20.8 Å². The number of primary amides is 1. The molecule has 0 aliphatic heterocycles. The highest BCUT2D eigenvalue weighted by Crippen LogP contribution is 2.37. The summed E-state index contributed by atoms with van der Waals surface area (Å²) in [5, 5.41) is 24.9. The molecule has 1 aliphatic rings. The normalized spacial score (nSPS) is 16.8. The first-order valence-electron chi connectivity index (χ1n) is 10.4. The first-order valence-corrected chi connectivity index (χ1v) is 10.4. The van der Waals surface area contributed by atoms with E-state index in [0.717, 1.165) is 5.69 Å². The summed E-state index contributed by atoms with van der Waals surface area (Å²) in [6, 6.07) is 3.42. The maximum atomic E-state index is 11.9. The highest BCUT2D eigenvalue weighted by Gasteiger charge is 2.39. The van der Waals surface area contributed by atoms with E-state index >= 15 is 0 Å². The van der Waals surface area contributed by atoms with Crippen LogP contribution in [0.4, 0.5) is 0 Å². The number of amides is 2. The summed E-state index contributed by atoms with van der Waals surface area (Å²) in [6.45, 7) is 4.32. The Morgan fingerprint density at radius 1 is 1.48 bits per heavy atom. The van der Waals surface area contributed by atoms with Crippen LogP contribution in [0.25, 0.3) is 5.82 Å². The summed E-state index contributed by atoms with van der Waals surface area (Å²) in [4.78, 5) is 28.4. The molecular formula is C24H29N5O4. The number of aliphatic hydroxyl groups excluding tert-OH is 2. The topological polar surface area (TPSA) is 135 Å². The molecule has 0 radical (unpaired) electrons. The highest BCUT2D eigenvalue weighted by molar-refractivity contribution is 5.92. The summed E-state index contributed by atoms with van der Waals surface area (Å²) in [5.41, 5.74) is 7.32. The van der Waals surface area contributed by atoms with E-state index in [-0.39, 0.29) is 5.69 Å². The van der Waals surface area contributed by atoms with Crippen LogP contribution in [0.15, 0.2) is 18.3 Å². The van der Waals surface area contributed by atoms with E-state index in [1.807, 2.05) is 13.8 Å². The summed E-state index contributed by atoms with van der Waals surface area (Å²) < 4.78 is 1.59. The smallest absolute Gasteiger partial charge is 0.269 e. The van der Waals surface area contributed by atoms with Crippen LogP contribution < -0.4 is 5.73 Å². The van der Waals surface area contributed by atoms with Gasteiger partial charge in [0.15, 0.2) is 11.5 Å². The molecule has 2 amide bonds. The fraction of sp³-hybridized carbons (Fsp3) is 0.417. The fourth-order valence-corrected chi connectivity index (χ4v) is 3.52. The van der Waals surface area contributed by atoms with Crippen LogP contribution in [0.1, 0.15) is 47.6 Å². The molecule has 0 spiro atoms. The van der Waals surface area contributed by atoms with Crippen molar-refractivity contribution in [2.45, 2.75) is 45.3 Å². The van der Waals surface area contributed by atoms with Crippen LogP contribution in [0.3, 0.4) is 0 Å². The summed E-state index contributed by atoms with van der Waals surface area (Å²) in [5.74, 6) is 5.49. The number of aliphatic hydroxyl groups is 2. The number of pyridine rings is 1. The van der Waals surface area contributed by atoms with Gasteiger partial charge in [-0.25, -0.2) is 9.67 Å². The molecule has 2 aromatic heterocycles. The first-order chi connectivity index (χ1) is 15.6. The van der Waals surface area contributed by atoms with Crippen molar-refractivity contribution in [2.75, 3.05) is 13.6 Å². The number of rotatable bonds is 6. The van der Waals surface area contributed by atoms with Crippen molar-refractivity contribution in [3.05, 3.63) is 40.8 Å². The lowest BCUT2D eigenvalue weighted by atomic mass is 9.74. The molecule has 0 bridgehead atoms. The number of carbonyl (C=O) groups is 2. The molecule has 9 nitrogen and oxygen atoms in total. The van der Waals surface area contributed by atoms with Gasteiger partial charge in [-0.3, -0.25) is 9.59 Å². The zero-order valence-corrected chi connectivity index (χ0v) is 19.0. The van der Waals surface area contributed by atoms with Crippen LogP contribution in [0.2, 0.25) is 0 Å². The van der Waals surface area contributed by atoms with Crippen molar-refractivity contribution in [2.24, 2.45) is 11.1 Å². The van der Waals surface area contributed by atoms with Gasteiger partial charge in [0.25, 0.3) is 5.91 Å². The number of nitrogens with zero attached hydrogens (tertiary/aromatic N) is 4. The monoisotopic (exact) mass is 451 g/mol. The maximum Gasteiger partial charge on any atom is 0.269 e. The molecule has 33 heavy (non-hydrogen) atoms. The molecule has 0 saturated heterocycles. The van der Waals surface area contributed by atoms with Crippen molar-refractivity contribution in [3.63, 3.8) is 0 Å². The third-order valence-corrected chi connectivity index (χ3v) is 5.53. The Kier molecular flexibility index (Phi) is 8.36. The Labute approximate surface area is 193 Å².